The van der Waals surface area contributed by atoms with Gasteiger partial charge in [-0.1, -0.05) is 13.8 Å². The van der Waals surface area contributed by atoms with Crippen LogP contribution in [0.15, 0.2) is 4.99 Å². The third kappa shape index (κ3) is 3.85. The van der Waals surface area contributed by atoms with E-state index in [1.54, 1.807) is 9.80 Å². The van der Waals surface area contributed by atoms with Gasteiger partial charge < -0.3 is 15.1 Å². The van der Waals surface area contributed by atoms with E-state index in [1.807, 2.05) is 0 Å². The Morgan fingerprint density at radius 1 is 1.24 bits per heavy atom. The highest BCUT2D eigenvalue weighted by Crippen LogP contribution is 2.31. The molecule has 3 rings (SSSR count). The van der Waals surface area contributed by atoms with E-state index in [-0.39, 0.29) is 24.3 Å². The van der Waals surface area contributed by atoms with Crippen LogP contribution in [0.2, 0.25) is 0 Å². The number of hydrogen-bond donors (Lipinski definition) is 1. The lowest BCUT2D eigenvalue weighted by molar-refractivity contribution is -0.140. The van der Waals surface area contributed by atoms with Gasteiger partial charge in [0.15, 0.2) is 0 Å². The molecule has 7 nitrogen and oxygen atoms in total. The zero-order chi connectivity index (χ0) is 18.0. The normalized spacial score (nSPS) is 22.8. The molecule has 7 heteroatoms. The summed E-state index contributed by atoms with van der Waals surface area (Å²) in [7, 11) is 0. The van der Waals surface area contributed by atoms with Crippen LogP contribution in [0.1, 0.15) is 52.4 Å². The predicted molar refractivity (Wildman–Crippen MR) is 94.0 cm³/mol. The largest absolute Gasteiger partial charge is 0.341 e. The maximum absolute atomic E-state index is 12.4. The van der Waals surface area contributed by atoms with Gasteiger partial charge in [-0.3, -0.25) is 19.4 Å². The molecular weight excluding hydrogens is 320 g/mol. The van der Waals surface area contributed by atoms with Crippen LogP contribution in [0.5, 0.6) is 0 Å². The highest BCUT2D eigenvalue weighted by atomic mass is 16.2. The van der Waals surface area contributed by atoms with Crippen LogP contribution >= 0.6 is 0 Å². The van der Waals surface area contributed by atoms with E-state index in [0.29, 0.717) is 44.8 Å². The van der Waals surface area contributed by atoms with Crippen molar-refractivity contribution in [3.05, 3.63) is 0 Å². The zero-order valence-corrected chi connectivity index (χ0v) is 15.2. The Balaban J connectivity index is 1.54. The van der Waals surface area contributed by atoms with E-state index in [1.165, 1.54) is 0 Å². The van der Waals surface area contributed by atoms with Crippen molar-refractivity contribution < 1.29 is 14.4 Å². The van der Waals surface area contributed by atoms with E-state index in [9.17, 15) is 14.4 Å². The molecule has 1 spiro atoms. The number of hydrogen-bond acceptors (Lipinski definition) is 4. The van der Waals surface area contributed by atoms with Crippen LogP contribution < -0.4 is 5.32 Å². The molecule has 2 fully saturated rings. The number of likely N-dealkylation sites (tertiary alicyclic amines) is 2. The smallest absolute Gasteiger partial charge is 0.253 e. The van der Waals surface area contributed by atoms with Gasteiger partial charge in [0.1, 0.15) is 11.4 Å². The lowest BCUT2D eigenvalue weighted by atomic mass is 9.88. The summed E-state index contributed by atoms with van der Waals surface area (Å²) in [6.45, 7) is 6.20. The average Bonchev–Trinajstić information content (AvgIpc) is 3.10. The van der Waals surface area contributed by atoms with Gasteiger partial charge in [0.25, 0.3) is 5.91 Å². The summed E-state index contributed by atoms with van der Waals surface area (Å²) in [5.41, 5.74) is -0.688. The number of rotatable bonds is 5. The Kier molecular flexibility index (Phi) is 5.11. The second kappa shape index (κ2) is 7.14. The summed E-state index contributed by atoms with van der Waals surface area (Å²) in [5.74, 6) is 1.39. The van der Waals surface area contributed by atoms with E-state index >= 15 is 0 Å². The number of amides is 3. The minimum absolute atomic E-state index is 0.0203. The van der Waals surface area contributed by atoms with E-state index in [4.69, 9.17) is 4.99 Å². The zero-order valence-electron chi connectivity index (χ0n) is 15.2. The third-order valence-corrected chi connectivity index (χ3v) is 5.43. The maximum Gasteiger partial charge on any atom is 0.253 e. The molecule has 0 unspecified atom stereocenters. The monoisotopic (exact) mass is 348 g/mol. The lowest BCUT2D eigenvalue weighted by Crippen LogP contribution is -2.52. The molecule has 3 heterocycles. The van der Waals surface area contributed by atoms with Gasteiger partial charge in [0.05, 0.1) is 6.54 Å². The standard InChI is InChI=1S/C18H28N4O3/c1-13(2)5-6-14-19-17(25)18(20-14)7-10-21(11-8-18)16(24)12-22-9-3-4-15(22)23/h13H,3-12H2,1-2H3,(H,19,20,25). The molecule has 138 valence electrons. The molecule has 1 N–H and O–H groups in total. The van der Waals surface area contributed by atoms with Gasteiger partial charge in [-0.25, -0.2) is 0 Å². The SMILES string of the molecule is CC(C)CCC1=NC2(CCN(C(=O)CN3CCCC3=O)CC2)C(=O)N1. The molecule has 0 aliphatic carbocycles. The number of carbonyl (C=O) groups is 3. The van der Waals surface area contributed by atoms with Crippen molar-refractivity contribution in [1.82, 2.24) is 15.1 Å². The van der Waals surface area contributed by atoms with Crippen LogP contribution in [0.4, 0.5) is 0 Å². The third-order valence-electron chi connectivity index (χ3n) is 5.43. The van der Waals surface area contributed by atoms with Gasteiger partial charge in [0, 0.05) is 32.5 Å². The molecule has 0 atom stereocenters. The van der Waals surface area contributed by atoms with Crippen LogP contribution in [-0.4, -0.2) is 65.1 Å². The molecule has 25 heavy (non-hydrogen) atoms. The first-order valence-electron chi connectivity index (χ1n) is 9.35. The molecule has 3 amide bonds. The highest BCUT2D eigenvalue weighted by molar-refractivity contribution is 6.08. The summed E-state index contributed by atoms with van der Waals surface area (Å²) in [5, 5.41) is 2.93. The van der Waals surface area contributed by atoms with Crippen molar-refractivity contribution in [2.45, 2.75) is 57.9 Å². The topological polar surface area (TPSA) is 82.1 Å². The van der Waals surface area contributed by atoms with E-state index in [2.05, 4.69) is 19.2 Å². The lowest BCUT2D eigenvalue weighted by Gasteiger charge is -2.36. The molecular formula is C18H28N4O3. The molecule has 0 radical (unpaired) electrons. The summed E-state index contributed by atoms with van der Waals surface area (Å²) in [4.78, 5) is 44.6. The van der Waals surface area contributed by atoms with Crippen molar-refractivity contribution in [2.24, 2.45) is 10.9 Å². The Morgan fingerprint density at radius 2 is 1.96 bits per heavy atom. The molecule has 2 saturated heterocycles. The summed E-state index contributed by atoms with van der Waals surface area (Å²) >= 11 is 0. The van der Waals surface area contributed by atoms with Crippen LogP contribution in [0, 0.1) is 5.92 Å². The number of carbonyl (C=O) groups excluding carboxylic acids is 3. The van der Waals surface area contributed by atoms with Crippen molar-refractivity contribution in [1.29, 1.82) is 0 Å². The van der Waals surface area contributed by atoms with E-state index < -0.39 is 5.54 Å². The summed E-state index contributed by atoms with van der Waals surface area (Å²) < 4.78 is 0. The number of nitrogens with one attached hydrogen (secondary N) is 1. The first-order chi connectivity index (χ1) is 11.9. The first-order valence-corrected chi connectivity index (χ1v) is 9.35. The van der Waals surface area contributed by atoms with Crippen LogP contribution in [-0.2, 0) is 14.4 Å². The van der Waals surface area contributed by atoms with Gasteiger partial charge >= 0.3 is 0 Å². The number of nitrogens with zero attached hydrogens (tertiary/aromatic N) is 3. The summed E-state index contributed by atoms with van der Waals surface area (Å²) in [6, 6.07) is 0. The van der Waals surface area contributed by atoms with Crippen molar-refractivity contribution in [3.63, 3.8) is 0 Å². The maximum atomic E-state index is 12.4. The highest BCUT2D eigenvalue weighted by Gasteiger charge is 2.46. The molecule has 3 aliphatic heterocycles. The summed E-state index contributed by atoms with van der Waals surface area (Å²) in [6.07, 6.45) is 4.30. The average molecular weight is 348 g/mol. The fourth-order valence-electron chi connectivity index (χ4n) is 3.73. The fraction of sp³-hybridized carbons (Fsp3) is 0.778. The molecule has 0 aromatic rings. The molecule has 0 aromatic heterocycles. The number of aliphatic imine (C=N–C) groups is 1. The van der Waals surface area contributed by atoms with Crippen LogP contribution in [0.25, 0.3) is 0 Å². The number of piperidine rings is 1. The van der Waals surface area contributed by atoms with Crippen molar-refractivity contribution in [2.75, 3.05) is 26.2 Å². The molecule has 0 saturated carbocycles. The Bertz CT molecular complexity index is 591. The Morgan fingerprint density at radius 3 is 2.56 bits per heavy atom. The van der Waals surface area contributed by atoms with Crippen LogP contribution in [0.3, 0.4) is 0 Å². The van der Waals surface area contributed by atoms with Gasteiger partial charge in [0.2, 0.25) is 11.8 Å². The Hall–Kier alpha value is -1.92. The van der Waals surface area contributed by atoms with Gasteiger partial charge in [-0.05, 0) is 31.6 Å². The molecule has 0 bridgehead atoms. The first kappa shape index (κ1) is 17.9. The second-order valence-electron chi connectivity index (χ2n) is 7.78. The molecule has 3 aliphatic rings. The molecule has 0 aromatic carbocycles. The minimum atomic E-state index is -0.688. The Labute approximate surface area is 148 Å². The van der Waals surface area contributed by atoms with Crippen molar-refractivity contribution >= 4 is 23.6 Å². The van der Waals surface area contributed by atoms with Gasteiger partial charge in [-0.15, -0.1) is 0 Å². The predicted octanol–water partition coefficient (Wildman–Crippen LogP) is 0.935. The van der Waals surface area contributed by atoms with E-state index in [0.717, 1.165) is 25.1 Å². The van der Waals surface area contributed by atoms with Crippen molar-refractivity contribution in [3.8, 4) is 0 Å². The minimum Gasteiger partial charge on any atom is -0.341 e. The second-order valence-corrected chi connectivity index (χ2v) is 7.78. The fourth-order valence-corrected chi connectivity index (χ4v) is 3.73. The quantitative estimate of drug-likeness (QED) is 0.802. The number of amidine groups is 1. The van der Waals surface area contributed by atoms with Gasteiger partial charge in [-0.2, -0.15) is 0 Å².